The molecule has 0 aliphatic heterocycles. The van der Waals surface area contributed by atoms with Crippen LogP contribution in [0.15, 0.2) is 29.6 Å². The minimum Gasteiger partial charge on any atom is -0.396 e. The van der Waals surface area contributed by atoms with Gasteiger partial charge in [0.1, 0.15) is 0 Å². The average Bonchev–Trinajstić information content (AvgIpc) is 2.78. The van der Waals surface area contributed by atoms with E-state index >= 15 is 0 Å². The number of carbonyl (C=O) groups excluding carboxylic acids is 1. The van der Waals surface area contributed by atoms with Gasteiger partial charge in [0, 0.05) is 19.3 Å². The number of rotatable bonds is 5. The number of imidazole rings is 1. The van der Waals surface area contributed by atoms with Gasteiger partial charge in [-0.15, -0.1) is 0 Å². The SMILES string of the molecule is CSc1nc(C(=O)NCCCO)c2ccccn12. The van der Waals surface area contributed by atoms with Gasteiger partial charge in [0.2, 0.25) is 0 Å². The first-order chi connectivity index (χ1) is 8.77. The molecule has 2 aromatic rings. The first-order valence-electron chi connectivity index (χ1n) is 5.68. The van der Waals surface area contributed by atoms with Crippen LogP contribution in [0.3, 0.4) is 0 Å². The summed E-state index contributed by atoms with van der Waals surface area (Å²) in [6, 6.07) is 5.65. The van der Waals surface area contributed by atoms with Gasteiger partial charge in [-0.25, -0.2) is 4.98 Å². The van der Waals surface area contributed by atoms with Crippen LogP contribution in [0.25, 0.3) is 5.52 Å². The van der Waals surface area contributed by atoms with E-state index in [9.17, 15) is 4.79 Å². The van der Waals surface area contributed by atoms with Crippen molar-refractivity contribution in [1.29, 1.82) is 0 Å². The van der Waals surface area contributed by atoms with Gasteiger partial charge in [0.05, 0.1) is 5.52 Å². The van der Waals surface area contributed by atoms with E-state index in [1.807, 2.05) is 35.1 Å². The van der Waals surface area contributed by atoms with Crippen molar-refractivity contribution in [2.45, 2.75) is 11.6 Å². The molecule has 0 saturated heterocycles. The van der Waals surface area contributed by atoms with Gasteiger partial charge >= 0.3 is 0 Å². The summed E-state index contributed by atoms with van der Waals surface area (Å²) in [5, 5.41) is 12.2. The number of pyridine rings is 1. The number of aliphatic hydroxyl groups excluding tert-OH is 1. The zero-order valence-corrected chi connectivity index (χ0v) is 10.9. The lowest BCUT2D eigenvalue weighted by Crippen LogP contribution is -2.25. The third kappa shape index (κ3) is 2.49. The summed E-state index contributed by atoms with van der Waals surface area (Å²) >= 11 is 1.50. The molecule has 0 saturated carbocycles. The van der Waals surface area contributed by atoms with Gasteiger partial charge in [-0.3, -0.25) is 9.20 Å². The molecular formula is C12H15N3O2S. The predicted octanol–water partition coefficient (Wildman–Crippen LogP) is 1.17. The Hall–Kier alpha value is -1.53. The summed E-state index contributed by atoms with van der Waals surface area (Å²) < 4.78 is 1.89. The molecule has 2 heterocycles. The monoisotopic (exact) mass is 265 g/mol. The molecule has 0 unspecified atom stereocenters. The highest BCUT2D eigenvalue weighted by atomic mass is 32.2. The highest BCUT2D eigenvalue weighted by Gasteiger charge is 2.16. The Kier molecular flexibility index (Phi) is 4.22. The molecule has 2 rings (SSSR count). The van der Waals surface area contributed by atoms with E-state index in [1.54, 1.807) is 0 Å². The number of aliphatic hydroxyl groups is 1. The van der Waals surface area contributed by atoms with Crippen LogP contribution in [-0.4, -0.2) is 39.8 Å². The number of amides is 1. The molecule has 0 bridgehead atoms. The highest BCUT2D eigenvalue weighted by molar-refractivity contribution is 7.98. The van der Waals surface area contributed by atoms with Crippen LogP contribution in [0.1, 0.15) is 16.9 Å². The van der Waals surface area contributed by atoms with E-state index < -0.39 is 0 Å². The molecule has 0 aliphatic carbocycles. The van der Waals surface area contributed by atoms with E-state index in [0.29, 0.717) is 18.7 Å². The Morgan fingerprint density at radius 2 is 2.39 bits per heavy atom. The smallest absolute Gasteiger partial charge is 0.272 e. The lowest BCUT2D eigenvalue weighted by atomic mass is 10.3. The van der Waals surface area contributed by atoms with Gasteiger partial charge in [0.25, 0.3) is 5.91 Å². The Morgan fingerprint density at radius 3 is 3.11 bits per heavy atom. The maximum Gasteiger partial charge on any atom is 0.272 e. The van der Waals surface area contributed by atoms with E-state index in [2.05, 4.69) is 10.3 Å². The van der Waals surface area contributed by atoms with Crippen LogP contribution >= 0.6 is 11.8 Å². The second-order valence-corrected chi connectivity index (χ2v) is 4.51. The van der Waals surface area contributed by atoms with Gasteiger partial charge in [0.15, 0.2) is 10.9 Å². The van der Waals surface area contributed by atoms with E-state index in [-0.39, 0.29) is 12.5 Å². The minimum absolute atomic E-state index is 0.0697. The molecular weight excluding hydrogens is 250 g/mol. The Balaban J connectivity index is 2.30. The topological polar surface area (TPSA) is 66.6 Å². The van der Waals surface area contributed by atoms with Crippen molar-refractivity contribution in [2.24, 2.45) is 0 Å². The summed E-state index contributed by atoms with van der Waals surface area (Å²) in [5.74, 6) is -0.201. The number of hydrogen-bond acceptors (Lipinski definition) is 4. The van der Waals surface area contributed by atoms with Crippen LogP contribution in [0.5, 0.6) is 0 Å². The van der Waals surface area contributed by atoms with Crippen molar-refractivity contribution in [3.8, 4) is 0 Å². The molecule has 0 aliphatic rings. The predicted molar refractivity (Wildman–Crippen MR) is 71.0 cm³/mol. The van der Waals surface area contributed by atoms with E-state index in [0.717, 1.165) is 10.7 Å². The second kappa shape index (κ2) is 5.88. The molecule has 0 fully saturated rings. The standard InChI is InChI=1S/C12H15N3O2S/c1-18-12-14-10(11(17)13-6-4-8-16)9-5-2-3-7-15(9)12/h2-3,5,7,16H,4,6,8H2,1H3,(H,13,17). The van der Waals surface area contributed by atoms with E-state index in [4.69, 9.17) is 5.11 Å². The number of hydrogen-bond donors (Lipinski definition) is 2. The number of aromatic nitrogens is 2. The average molecular weight is 265 g/mol. The van der Waals surface area contributed by atoms with Crippen LogP contribution in [-0.2, 0) is 0 Å². The number of nitrogens with zero attached hydrogens (tertiary/aromatic N) is 2. The van der Waals surface area contributed by atoms with Crippen LogP contribution in [0.4, 0.5) is 0 Å². The van der Waals surface area contributed by atoms with Gasteiger partial charge in [-0.1, -0.05) is 17.8 Å². The zero-order valence-electron chi connectivity index (χ0n) is 10.1. The lowest BCUT2D eigenvalue weighted by Gasteiger charge is -2.01. The number of thioether (sulfide) groups is 1. The fraction of sp³-hybridized carbons (Fsp3) is 0.333. The van der Waals surface area contributed by atoms with Crippen LogP contribution < -0.4 is 5.32 Å². The van der Waals surface area contributed by atoms with Crippen molar-refractivity contribution in [2.75, 3.05) is 19.4 Å². The third-order valence-corrected chi connectivity index (χ3v) is 3.19. The normalized spacial score (nSPS) is 10.8. The van der Waals surface area contributed by atoms with Crippen molar-refractivity contribution in [3.05, 3.63) is 30.1 Å². The van der Waals surface area contributed by atoms with Crippen LogP contribution in [0.2, 0.25) is 0 Å². The van der Waals surface area contributed by atoms with Gasteiger partial charge in [-0.2, -0.15) is 0 Å². The summed E-state index contributed by atoms with van der Waals surface area (Å²) in [6.07, 6.45) is 4.36. The fourth-order valence-electron chi connectivity index (χ4n) is 1.69. The van der Waals surface area contributed by atoms with Crippen molar-refractivity contribution in [3.63, 3.8) is 0 Å². The Morgan fingerprint density at radius 1 is 1.56 bits per heavy atom. The lowest BCUT2D eigenvalue weighted by molar-refractivity contribution is 0.0948. The van der Waals surface area contributed by atoms with E-state index in [1.165, 1.54) is 11.8 Å². The summed E-state index contributed by atoms with van der Waals surface area (Å²) in [5.41, 5.74) is 1.22. The maximum absolute atomic E-state index is 12.0. The molecule has 0 spiro atoms. The molecule has 2 aromatic heterocycles. The third-order valence-electron chi connectivity index (χ3n) is 2.53. The zero-order chi connectivity index (χ0) is 13.0. The minimum atomic E-state index is -0.201. The highest BCUT2D eigenvalue weighted by Crippen LogP contribution is 2.19. The Bertz CT molecular complexity index is 553. The van der Waals surface area contributed by atoms with Gasteiger partial charge < -0.3 is 10.4 Å². The fourth-order valence-corrected chi connectivity index (χ4v) is 2.22. The molecule has 5 nitrogen and oxygen atoms in total. The second-order valence-electron chi connectivity index (χ2n) is 3.74. The summed E-state index contributed by atoms with van der Waals surface area (Å²) in [6.45, 7) is 0.524. The first-order valence-corrected chi connectivity index (χ1v) is 6.90. The molecule has 6 heteroatoms. The molecule has 2 N–H and O–H groups in total. The molecule has 0 radical (unpaired) electrons. The first kappa shape index (κ1) is 12.9. The van der Waals surface area contributed by atoms with Gasteiger partial charge in [-0.05, 0) is 24.8 Å². The number of nitrogens with one attached hydrogen (secondary N) is 1. The number of fused-ring (bicyclic) bond motifs is 1. The number of carbonyl (C=O) groups is 1. The van der Waals surface area contributed by atoms with Crippen molar-refractivity contribution in [1.82, 2.24) is 14.7 Å². The van der Waals surface area contributed by atoms with Crippen LogP contribution in [0, 0.1) is 0 Å². The Labute approximate surface area is 109 Å². The molecule has 0 aromatic carbocycles. The molecule has 96 valence electrons. The maximum atomic E-state index is 12.0. The van der Waals surface area contributed by atoms with Crippen molar-refractivity contribution < 1.29 is 9.90 Å². The molecule has 0 atom stereocenters. The van der Waals surface area contributed by atoms with Crippen molar-refractivity contribution >= 4 is 23.2 Å². The summed E-state index contributed by atoms with van der Waals surface area (Å²) in [7, 11) is 0. The summed E-state index contributed by atoms with van der Waals surface area (Å²) in [4.78, 5) is 16.3. The molecule has 1 amide bonds. The molecule has 18 heavy (non-hydrogen) atoms. The largest absolute Gasteiger partial charge is 0.396 e. The quantitative estimate of drug-likeness (QED) is 0.629.